The largest absolute Gasteiger partial charge is 0.496 e. The lowest BCUT2D eigenvalue weighted by molar-refractivity contribution is -0.138. The first-order valence-electron chi connectivity index (χ1n) is 9.16. The SMILES string of the molecule is COc1ccc(-c2cc(=O)c3cc(N4CCNCC4)ccc3o2)cc1C(F)(F)F. The van der Waals surface area contributed by atoms with Crippen molar-refractivity contribution in [2.24, 2.45) is 0 Å². The highest BCUT2D eigenvalue weighted by Crippen LogP contribution is 2.38. The molecule has 1 aliphatic heterocycles. The van der Waals surface area contributed by atoms with Crippen molar-refractivity contribution in [1.29, 1.82) is 0 Å². The number of hydrogen-bond acceptors (Lipinski definition) is 5. The van der Waals surface area contributed by atoms with Crippen LogP contribution in [0.25, 0.3) is 22.3 Å². The summed E-state index contributed by atoms with van der Waals surface area (Å²) in [4.78, 5) is 14.8. The van der Waals surface area contributed by atoms with Crippen LogP contribution >= 0.6 is 0 Å². The summed E-state index contributed by atoms with van der Waals surface area (Å²) in [5.41, 5.74) is 0.179. The van der Waals surface area contributed by atoms with Gasteiger partial charge in [-0.25, -0.2) is 0 Å². The second-order valence-corrected chi connectivity index (χ2v) is 6.81. The maximum atomic E-state index is 13.3. The summed E-state index contributed by atoms with van der Waals surface area (Å²) in [7, 11) is 1.18. The van der Waals surface area contributed by atoms with E-state index >= 15 is 0 Å². The van der Waals surface area contributed by atoms with E-state index in [1.54, 1.807) is 12.1 Å². The molecule has 1 aromatic heterocycles. The Morgan fingerprint density at radius 3 is 2.52 bits per heavy atom. The maximum absolute atomic E-state index is 13.3. The minimum absolute atomic E-state index is 0.0746. The monoisotopic (exact) mass is 404 g/mol. The standard InChI is InChI=1S/C21H19F3N2O3/c1-28-19-4-2-13(10-16(19)21(22,23)24)20-12-17(27)15-11-14(3-5-18(15)29-20)26-8-6-25-7-9-26/h2-5,10-12,25H,6-9H2,1H3. The van der Waals surface area contributed by atoms with E-state index in [4.69, 9.17) is 9.15 Å². The fourth-order valence-corrected chi connectivity index (χ4v) is 3.49. The van der Waals surface area contributed by atoms with Crippen LogP contribution in [0, 0.1) is 0 Å². The van der Waals surface area contributed by atoms with Crippen molar-refractivity contribution >= 4 is 16.7 Å². The van der Waals surface area contributed by atoms with Gasteiger partial charge in [0.15, 0.2) is 5.43 Å². The van der Waals surface area contributed by atoms with Crippen LogP contribution in [0.15, 0.2) is 51.7 Å². The van der Waals surface area contributed by atoms with Gasteiger partial charge < -0.3 is 19.4 Å². The number of fused-ring (bicyclic) bond motifs is 1. The summed E-state index contributed by atoms with van der Waals surface area (Å²) in [5, 5.41) is 3.67. The van der Waals surface area contributed by atoms with E-state index in [0.717, 1.165) is 37.9 Å². The third-order valence-corrected chi connectivity index (χ3v) is 4.98. The Morgan fingerprint density at radius 1 is 1.07 bits per heavy atom. The van der Waals surface area contributed by atoms with Gasteiger partial charge in [0.05, 0.1) is 18.1 Å². The van der Waals surface area contributed by atoms with E-state index in [0.29, 0.717) is 11.0 Å². The molecule has 1 saturated heterocycles. The summed E-state index contributed by atoms with van der Waals surface area (Å²) in [6.45, 7) is 3.40. The smallest absolute Gasteiger partial charge is 0.419 e. The van der Waals surface area contributed by atoms with Crippen LogP contribution in [-0.2, 0) is 6.18 Å². The Morgan fingerprint density at radius 2 is 1.83 bits per heavy atom. The van der Waals surface area contributed by atoms with E-state index in [9.17, 15) is 18.0 Å². The molecule has 0 radical (unpaired) electrons. The number of ether oxygens (including phenoxy) is 1. The first-order chi connectivity index (χ1) is 13.9. The molecule has 3 aromatic rings. The Hall–Kier alpha value is -3.00. The molecule has 0 aliphatic carbocycles. The molecule has 1 aliphatic rings. The number of nitrogens with one attached hydrogen (secondary N) is 1. The minimum atomic E-state index is -4.59. The number of anilines is 1. The van der Waals surface area contributed by atoms with Crippen molar-refractivity contribution in [3.8, 4) is 17.1 Å². The molecule has 152 valence electrons. The molecule has 0 atom stereocenters. The number of benzene rings is 2. The molecule has 0 unspecified atom stereocenters. The van der Waals surface area contributed by atoms with Crippen molar-refractivity contribution < 1.29 is 22.3 Å². The quantitative estimate of drug-likeness (QED) is 0.718. The molecule has 4 rings (SSSR count). The predicted molar refractivity (Wildman–Crippen MR) is 105 cm³/mol. The highest BCUT2D eigenvalue weighted by Gasteiger charge is 2.34. The average Bonchev–Trinajstić information content (AvgIpc) is 2.73. The fraction of sp³-hybridized carbons (Fsp3) is 0.286. The van der Waals surface area contributed by atoms with Crippen LogP contribution in [0.1, 0.15) is 5.56 Å². The normalized spacial score (nSPS) is 15.0. The Labute approximate surface area is 164 Å². The van der Waals surface area contributed by atoms with Gasteiger partial charge in [-0.3, -0.25) is 4.79 Å². The highest BCUT2D eigenvalue weighted by molar-refractivity contribution is 5.82. The summed E-state index contributed by atoms with van der Waals surface area (Å²) < 4.78 is 50.5. The Bertz CT molecular complexity index is 1100. The van der Waals surface area contributed by atoms with Gasteiger partial charge in [-0.2, -0.15) is 13.2 Å². The zero-order valence-electron chi connectivity index (χ0n) is 15.7. The number of methoxy groups -OCH3 is 1. The molecule has 0 amide bonds. The van der Waals surface area contributed by atoms with E-state index in [1.165, 1.54) is 25.3 Å². The van der Waals surface area contributed by atoms with E-state index in [2.05, 4.69) is 10.2 Å². The lowest BCUT2D eigenvalue weighted by atomic mass is 10.1. The van der Waals surface area contributed by atoms with Gasteiger partial charge in [0.25, 0.3) is 0 Å². The zero-order valence-corrected chi connectivity index (χ0v) is 15.7. The molecule has 8 heteroatoms. The van der Waals surface area contributed by atoms with Crippen molar-refractivity contribution in [2.45, 2.75) is 6.18 Å². The minimum Gasteiger partial charge on any atom is -0.496 e. The van der Waals surface area contributed by atoms with Crippen LogP contribution in [0.5, 0.6) is 5.75 Å². The highest BCUT2D eigenvalue weighted by atomic mass is 19.4. The summed E-state index contributed by atoms with van der Waals surface area (Å²) in [5.74, 6) is -0.212. The van der Waals surface area contributed by atoms with Crippen LogP contribution in [-0.4, -0.2) is 33.3 Å². The summed E-state index contributed by atoms with van der Waals surface area (Å²) in [6, 6.07) is 10.1. The maximum Gasteiger partial charge on any atom is 0.419 e. The number of piperazine rings is 1. The number of halogens is 3. The zero-order chi connectivity index (χ0) is 20.6. The predicted octanol–water partition coefficient (Wildman–Crippen LogP) is 3.90. The molecule has 0 saturated carbocycles. The first kappa shape index (κ1) is 19.3. The molecule has 29 heavy (non-hydrogen) atoms. The van der Waals surface area contributed by atoms with Crippen molar-refractivity contribution in [1.82, 2.24) is 5.32 Å². The Kier molecular flexibility index (Phi) is 4.96. The molecule has 0 spiro atoms. The molecular weight excluding hydrogens is 385 g/mol. The molecule has 0 bridgehead atoms. The molecular formula is C21H19F3N2O3. The number of alkyl halides is 3. The first-order valence-corrected chi connectivity index (χ1v) is 9.16. The average molecular weight is 404 g/mol. The third-order valence-electron chi connectivity index (χ3n) is 4.98. The van der Waals surface area contributed by atoms with Gasteiger partial charge in [0.2, 0.25) is 0 Å². The molecule has 1 N–H and O–H groups in total. The van der Waals surface area contributed by atoms with Crippen molar-refractivity contribution in [3.05, 3.63) is 58.3 Å². The van der Waals surface area contributed by atoms with Gasteiger partial charge in [0.1, 0.15) is 17.1 Å². The third kappa shape index (κ3) is 3.80. The second-order valence-electron chi connectivity index (χ2n) is 6.81. The molecule has 2 aromatic carbocycles. The molecule has 2 heterocycles. The molecule has 1 fully saturated rings. The topological polar surface area (TPSA) is 54.7 Å². The number of nitrogens with zero attached hydrogens (tertiary/aromatic N) is 1. The van der Waals surface area contributed by atoms with E-state index < -0.39 is 11.7 Å². The lowest BCUT2D eigenvalue weighted by Gasteiger charge is -2.29. The van der Waals surface area contributed by atoms with Crippen LogP contribution in [0.2, 0.25) is 0 Å². The van der Waals surface area contributed by atoms with Gasteiger partial charge in [-0.1, -0.05) is 0 Å². The second kappa shape index (κ2) is 7.44. The van der Waals surface area contributed by atoms with Crippen molar-refractivity contribution in [3.63, 3.8) is 0 Å². The van der Waals surface area contributed by atoms with Gasteiger partial charge in [0, 0.05) is 43.5 Å². The van der Waals surface area contributed by atoms with E-state index in [1.807, 2.05) is 6.07 Å². The van der Waals surface area contributed by atoms with Gasteiger partial charge >= 0.3 is 6.18 Å². The van der Waals surface area contributed by atoms with Crippen LogP contribution in [0.4, 0.5) is 18.9 Å². The van der Waals surface area contributed by atoms with Crippen LogP contribution < -0.4 is 20.4 Å². The fourth-order valence-electron chi connectivity index (χ4n) is 3.49. The Balaban J connectivity index is 1.77. The molecule has 5 nitrogen and oxygen atoms in total. The van der Waals surface area contributed by atoms with Crippen molar-refractivity contribution in [2.75, 3.05) is 38.2 Å². The number of rotatable bonds is 3. The summed E-state index contributed by atoms with van der Waals surface area (Å²) in [6.07, 6.45) is -4.59. The summed E-state index contributed by atoms with van der Waals surface area (Å²) >= 11 is 0. The lowest BCUT2D eigenvalue weighted by Crippen LogP contribution is -2.43. The number of hydrogen-bond donors (Lipinski definition) is 1. The van der Waals surface area contributed by atoms with Gasteiger partial charge in [-0.15, -0.1) is 0 Å². The van der Waals surface area contributed by atoms with E-state index in [-0.39, 0.29) is 22.5 Å². The van der Waals surface area contributed by atoms with Crippen LogP contribution in [0.3, 0.4) is 0 Å². The van der Waals surface area contributed by atoms with Gasteiger partial charge in [-0.05, 0) is 36.4 Å².